The molecule has 1 aliphatic rings. The smallest absolute Gasteiger partial charge is 0.412 e. The maximum absolute atomic E-state index is 13.2. The number of hydrogen-bond acceptors (Lipinski definition) is 6. The lowest BCUT2D eigenvalue weighted by molar-refractivity contribution is 0.121. The number of ether oxygens (including phenoxy) is 2. The molecule has 6 rings (SSSR count). The van der Waals surface area contributed by atoms with Crippen molar-refractivity contribution in [2.24, 2.45) is 0 Å². The summed E-state index contributed by atoms with van der Waals surface area (Å²) >= 11 is 0. The van der Waals surface area contributed by atoms with E-state index >= 15 is 0 Å². The van der Waals surface area contributed by atoms with Crippen LogP contribution in [0.2, 0.25) is 0 Å². The summed E-state index contributed by atoms with van der Waals surface area (Å²) in [6.07, 6.45) is 5.24. The largest absolute Gasteiger partial charge is 0.441 e. The zero-order valence-corrected chi connectivity index (χ0v) is 22.3. The third-order valence-corrected chi connectivity index (χ3v) is 7.31. The molecular weight excluding hydrogens is 521 g/mol. The Labute approximate surface area is 236 Å². The van der Waals surface area contributed by atoms with Crippen LogP contribution in [0.25, 0.3) is 22.2 Å². The Bertz CT molecular complexity index is 1740. The molecule has 1 amide bonds. The fourth-order valence-corrected chi connectivity index (χ4v) is 5.04. The molecule has 1 fully saturated rings. The Hall–Kier alpha value is -5.23. The number of carbonyl (C=O) groups is 1. The standard InChI is InChI=1S/C32H26FN5O3/c1-20(21-6-10-23(33)11-7-21)40-32(39)37-24-12-8-22(9-13-24)30-28(19-34)27-15-14-26(41-31-35-16-3-17-36-31)18-29(27)38(30)25-4-2-5-25/h3,6-18,20,25H,2,4-5H2,1H3,(H,37,39)/t20-/m1/s1. The molecule has 204 valence electrons. The minimum Gasteiger partial charge on any atom is -0.441 e. The van der Waals surface area contributed by atoms with Gasteiger partial charge in [0, 0.05) is 35.6 Å². The Morgan fingerprint density at radius 3 is 2.46 bits per heavy atom. The quantitative estimate of drug-likeness (QED) is 0.222. The molecule has 0 bridgehead atoms. The van der Waals surface area contributed by atoms with E-state index in [0.29, 0.717) is 22.6 Å². The lowest BCUT2D eigenvalue weighted by Gasteiger charge is -2.30. The molecule has 2 aromatic heterocycles. The lowest BCUT2D eigenvalue weighted by Crippen LogP contribution is -2.18. The van der Waals surface area contributed by atoms with Gasteiger partial charge in [-0.15, -0.1) is 0 Å². The van der Waals surface area contributed by atoms with Gasteiger partial charge in [-0.05, 0) is 79.8 Å². The summed E-state index contributed by atoms with van der Waals surface area (Å²) in [6, 6.07) is 23.5. The second-order valence-corrected chi connectivity index (χ2v) is 9.90. The molecule has 1 atom stereocenters. The highest BCUT2D eigenvalue weighted by Crippen LogP contribution is 2.43. The van der Waals surface area contributed by atoms with Gasteiger partial charge in [0.25, 0.3) is 0 Å². The summed E-state index contributed by atoms with van der Waals surface area (Å²) < 4.78 is 26.8. The van der Waals surface area contributed by atoms with E-state index in [9.17, 15) is 14.4 Å². The van der Waals surface area contributed by atoms with E-state index in [2.05, 4.69) is 25.9 Å². The molecule has 1 N–H and O–H groups in total. The summed E-state index contributed by atoms with van der Waals surface area (Å²) in [5, 5.41) is 13.8. The van der Waals surface area contributed by atoms with Gasteiger partial charge in [0.1, 0.15) is 23.7 Å². The van der Waals surface area contributed by atoms with E-state index in [0.717, 1.165) is 41.4 Å². The highest BCUT2D eigenvalue weighted by molar-refractivity contribution is 5.96. The van der Waals surface area contributed by atoms with Crippen LogP contribution in [-0.2, 0) is 4.74 Å². The molecule has 1 saturated carbocycles. The molecule has 0 spiro atoms. The molecule has 0 unspecified atom stereocenters. The Morgan fingerprint density at radius 2 is 1.80 bits per heavy atom. The zero-order chi connectivity index (χ0) is 28.3. The number of nitrogens with zero attached hydrogens (tertiary/aromatic N) is 4. The van der Waals surface area contributed by atoms with Gasteiger partial charge < -0.3 is 14.0 Å². The number of benzene rings is 3. The van der Waals surface area contributed by atoms with Crippen molar-refractivity contribution in [3.63, 3.8) is 0 Å². The predicted octanol–water partition coefficient (Wildman–Crippen LogP) is 7.94. The van der Waals surface area contributed by atoms with Crippen LogP contribution < -0.4 is 10.1 Å². The van der Waals surface area contributed by atoms with Crippen LogP contribution in [0.5, 0.6) is 11.8 Å². The van der Waals surface area contributed by atoms with Crippen LogP contribution in [0.3, 0.4) is 0 Å². The van der Waals surface area contributed by atoms with Gasteiger partial charge in [0.15, 0.2) is 0 Å². The topological polar surface area (TPSA) is 102 Å². The number of nitriles is 1. The van der Waals surface area contributed by atoms with E-state index in [1.54, 1.807) is 49.6 Å². The van der Waals surface area contributed by atoms with Gasteiger partial charge >= 0.3 is 12.1 Å². The average Bonchev–Trinajstić information content (AvgIpc) is 3.26. The minimum absolute atomic E-state index is 0.253. The van der Waals surface area contributed by atoms with Crippen molar-refractivity contribution >= 4 is 22.7 Å². The number of fused-ring (bicyclic) bond motifs is 1. The summed E-state index contributed by atoms with van der Waals surface area (Å²) in [7, 11) is 0. The fraction of sp³-hybridized carbons (Fsp3) is 0.188. The third-order valence-electron chi connectivity index (χ3n) is 7.31. The van der Waals surface area contributed by atoms with Crippen molar-refractivity contribution in [2.75, 3.05) is 5.32 Å². The molecule has 0 saturated heterocycles. The molecule has 9 heteroatoms. The molecule has 41 heavy (non-hydrogen) atoms. The fourth-order valence-electron chi connectivity index (χ4n) is 5.04. The Morgan fingerprint density at radius 1 is 1.07 bits per heavy atom. The van der Waals surface area contributed by atoms with Crippen LogP contribution in [-0.4, -0.2) is 20.6 Å². The number of amides is 1. The predicted molar refractivity (Wildman–Crippen MR) is 152 cm³/mol. The summed E-state index contributed by atoms with van der Waals surface area (Å²) in [5.74, 6) is 0.239. The van der Waals surface area contributed by atoms with Crippen LogP contribution in [0.1, 0.15) is 49.5 Å². The molecule has 0 radical (unpaired) electrons. The number of rotatable bonds is 7. The monoisotopic (exact) mass is 547 g/mol. The van der Waals surface area contributed by atoms with Gasteiger partial charge in [-0.3, -0.25) is 5.32 Å². The van der Waals surface area contributed by atoms with Crippen molar-refractivity contribution in [1.82, 2.24) is 14.5 Å². The second kappa shape index (κ2) is 11.1. The number of aromatic nitrogens is 3. The first-order valence-corrected chi connectivity index (χ1v) is 13.4. The van der Waals surface area contributed by atoms with Gasteiger partial charge in [0.05, 0.1) is 16.8 Å². The van der Waals surface area contributed by atoms with Gasteiger partial charge in [0.2, 0.25) is 0 Å². The number of hydrogen-bond donors (Lipinski definition) is 1. The van der Waals surface area contributed by atoms with E-state index in [1.165, 1.54) is 12.1 Å². The first-order chi connectivity index (χ1) is 20.0. The molecule has 1 aliphatic carbocycles. The first kappa shape index (κ1) is 26.0. The third kappa shape index (κ3) is 5.32. The summed E-state index contributed by atoms with van der Waals surface area (Å²) in [4.78, 5) is 20.8. The lowest BCUT2D eigenvalue weighted by atomic mass is 9.92. The molecule has 0 aliphatic heterocycles. The Kier molecular flexibility index (Phi) is 7.04. The molecular formula is C32H26FN5O3. The number of carbonyl (C=O) groups excluding carboxylic acids is 1. The van der Waals surface area contributed by atoms with Gasteiger partial charge in [-0.25, -0.2) is 19.2 Å². The van der Waals surface area contributed by atoms with Crippen LogP contribution in [0.4, 0.5) is 14.9 Å². The Balaban J connectivity index is 1.28. The maximum Gasteiger partial charge on any atom is 0.412 e. The van der Waals surface area contributed by atoms with Crippen LogP contribution in [0.15, 0.2) is 85.2 Å². The van der Waals surface area contributed by atoms with E-state index < -0.39 is 12.2 Å². The van der Waals surface area contributed by atoms with Gasteiger partial charge in [-0.2, -0.15) is 5.26 Å². The number of nitrogens with one attached hydrogen (secondary N) is 1. The van der Waals surface area contributed by atoms with Crippen molar-refractivity contribution in [3.8, 4) is 29.1 Å². The number of anilines is 1. The highest BCUT2D eigenvalue weighted by atomic mass is 19.1. The molecule has 8 nitrogen and oxygen atoms in total. The van der Waals surface area contributed by atoms with Crippen molar-refractivity contribution in [1.29, 1.82) is 5.26 Å². The first-order valence-electron chi connectivity index (χ1n) is 13.4. The second-order valence-electron chi connectivity index (χ2n) is 9.90. The van der Waals surface area contributed by atoms with Crippen molar-refractivity contribution in [3.05, 3.63) is 102 Å². The van der Waals surface area contributed by atoms with Crippen LogP contribution in [0, 0.1) is 17.1 Å². The normalized spacial score (nSPS) is 13.7. The maximum atomic E-state index is 13.2. The zero-order valence-electron chi connectivity index (χ0n) is 22.3. The van der Waals surface area contributed by atoms with E-state index in [4.69, 9.17) is 9.47 Å². The molecule has 2 heterocycles. The van der Waals surface area contributed by atoms with Crippen molar-refractivity contribution in [2.45, 2.75) is 38.3 Å². The number of halogens is 1. The SMILES string of the molecule is C[C@@H](OC(=O)Nc1ccc(-c2c(C#N)c3ccc(Oc4ncccn4)cc3n2C2CCC2)cc1)c1ccc(F)cc1. The van der Waals surface area contributed by atoms with Gasteiger partial charge in [-0.1, -0.05) is 24.3 Å². The summed E-state index contributed by atoms with van der Waals surface area (Å²) in [5.41, 5.74) is 4.43. The average molecular weight is 548 g/mol. The van der Waals surface area contributed by atoms with E-state index in [1.807, 2.05) is 30.3 Å². The minimum atomic E-state index is -0.620. The molecule has 5 aromatic rings. The highest BCUT2D eigenvalue weighted by Gasteiger charge is 2.28. The van der Waals surface area contributed by atoms with E-state index in [-0.39, 0.29) is 17.9 Å². The molecule has 3 aromatic carbocycles. The van der Waals surface area contributed by atoms with Crippen molar-refractivity contribution < 1.29 is 18.7 Å². The van der Waals surface area contributed by atoms with Crippen LogP contribution >= 0.6 is 0 Å². The summed E-state index contributed by atoms with van der Waals surface area (Å²) in [6.45, 7) is 1.72.